The maximum Gasteiger partial charge on any atom is 0.338 e. The molecule has 0 heterocycles. The predicted octanol–water partition coefficient (Wildman–Crippen LogP) is 2.27. The number of aliphatic hydroxyl groups is 1. The van der Waals surface area contributed by atoms with Crippen LogP contribution < -0.4 is 5.32 Å². The number of halogens is 1. The lowest BCUT2D eigenvalue weighted by molar-refractivity contribution is 0.0505. The molecule has 0 spiro atoms. The van der Waals surface area contributed by atoms with Gasteiger partial charge >= 0.3 is 5.97 Å². The van der Waals surface area contributed by atoms with Crippen LogP contribution in [0.4, 0.5) is 5.69 Å². The summed E-state index contributed by atoms with van der Waals surface area (Å²) in [6.07, 6.45) is 0.225. The maximum atomic E-state index is 11.5. The summed E-state index contributed by atoms with van der Waals surface area (Å²) in [6.45, 7) is 2.76. The van der Waals surface area contributed by atoms with Gasteiger partial charge in [0.25, 0.3) is 0 Å². The average molecular weight is 272 g/mol. The smallest absolute Gasteiger partial charge is 0.338 e. The van der Waals surface area contributed by atoms with Crippen molar-refractivity contribution in [1.29, 1.82) is 0 Å². The lowest BCUT2D eigenvalue weighted by atomic mass is 10.2. The third kappa shape index (κ3) is 4.94. The first-order chi connectivity index (χ1) is 8.67. The minimum Gasteiger partial charge on any atom is -0.462 e. The first-order valence-corrected chi connectivity index (χ1v) is 6.46. The van der Waals surface area contributed by atoms with Crippen molar-refractivity contribution in [3.8, 4) is 0 Å². The summed E-state index contributed by atoms with van der Waals surface area (Å²) in [5.74, 6) is -0.127. The van der Waals surface area contributed by atoms with Crippen LogP contribution in [-0.4, -0.2) is 36.2 Å². The Balaban J connectivity index is 2.49. The number of rotatable bonds is 7. The molecule has 0 aliphatic heterocycles. The number of esters is 1. The Morgan fingerprint density at radius 1 is 1.44 bits per heavy atom. The first kappa shape index (κ1) is 14.8. The molecule has 0 saturated heterocycles. The van der Waals surface area contributed by atoms with E-state index in [4.69, 9.17) is 16.3 Å². The quantitative estimate of drug-likeness (QED) is 0.590. The van der Waals surface area contributed by atoms with Gasteiger partial charge < -0.3 is 15.2 Å². The zero-order chi connectivity index (χ0) is 13.4. The fourth-order valence-electron chi connectivity index (χ4n) is 1.29. The molecule has 5 heteroatoms. The molecule has 1 aromatic rings. The fraction of sp³-hybridized carbons (Fsp3) is 0.462. The summed E-state index contributed by atoms with van der Waals surface area (Å²) in [5, 5.41) is 12.3. The first-order valence-electron chi connectivity index (χ1n) is 5.92. The summed E-state index contributed by atoms with van der Waals surface area (Å²) < 4.78 is 5.02. The second-order valence-electron chi connectivity index (χ2n) is 3.90. The number of hydrogen-bond donors (Lipinski definition) is 2. The number of ether oxygens (including phenoxy) is 1. The van der Waals surface area contributed by atoms with Gasteiger partial charge in [0.15, 0.2) is 0 Å². The fourth-order valence-corrected chi connectivity index (χ4v) is 1.40. The summed E-state index contributed by atoms with van der Waals surface area (Å²) in [7, 11) is 0. The third-order valence-electron chi connectivity index (χ3n) is 2.28. The van der Waals surface area contributed by atoms with Crippen LogP contribution in [0.3, 0.4) is 0 Å². The van der Waals surface area contributed by atoms with Crippen molar-refractivity contribution in [2.45, 2.75) is 19.4 Å². The Bertz CT molecular complexity index is 367. The van der Waals surface area contributed by atoms with E-state index in [-0.39, 0.29) is 11.8 Å². The van der Waals surface area contributed by atoms with Gasteiger partial charge in [0.2, 0.25) is 0 Å². The van der Waals surface area contributed by atoms with Crippen molar-refractivity contribution >= 4 is 23.3 Å². The highest BCUT2D eigenvalue weighted by atomic mass is 35.5. The zero-order valence-corrected chi connectivity index (χ0v) is 11.1. The van der Waals surface area contributed by atoms with Crippen molar-refractivity contribution in [2.75, 3.05) is 24.3 Å². The molecule has 2 N–H and O–H groups in total. The molecule has 0 fully saturated rings. The number of benzene rings is 1. The van der Waals surface area contributed by atoms with Crippen LogP contribution in [0.25, 0.3) is 0 Å². The van der Waals surface area contributed by atoms with Crippen molar-refractivity contribution in [2.24, 2.45) is 0 Å². The van der Waals surface area contributed by atoms with E-state index in [9.17, 15) is 9.90 Å². The second-order valence-corrected chi connectivity index (χ2v) is 4.21. The zero-order valence-electron chi connectivity index (χ0n) is 10.4. The molecule has 0 bridgehead atoms. The lowest BCUT2D eigenvalue weighted by Gasteiger charge is -2.10. The molecule has 0 radical (unpaired) electrons. The number of alkyl halides is 1. The number of carbonyl (C=O) groups is 1. The van der Waals surface area contributed by atoms with Gasteiger partial charge in [-0.3, -0.25) is 0 Å². The second kappa shape index (κ2) is 7.95. The minimum absolute atomic E-state index is 0.189. The van der Waals surface area contributed by atoms with Gasteiger partial charge in [-0.2, -0.15) is 0 Å². The highest BCUT2D eigenvalue weighted by Crippen LogP contribution is 2.10. The Morgan fingerprint density at radius 2 is 2.11 bits per heavy atom. The summed E-state index contributed by atoms with van der Waals surface area (Å²) in [6, 6.07) is 6.91. The van der Waals surface area contributed by atoms with E-state index in [1.165, 1.54) is 0 Å². The molecule has 0 aliphatic rings. The molecular formula is C13H18ClNO3. The molecule has 1 aromatic carbocycles. The van der Waals surface area contributed by atoms with Gasteiger partial charge in [0.1, 0.15) is 0 Å². The van der Waals surface area contributed by atoms with Gasteiger partial charge in [-0.25, -0.2) is 4.79 Å². The molecular weight excluding hydrogens is 254 g/mol. The maximum absolute atomic E-state index is 11.5. The van der Waals surface area contributed by atoms with Crippen LogP contribution in [0.2, 0.25) is 0 Å². The highest BCUT2D eigenvalue weighted by molar-refractivity contribution is 6.18. The molecule has 0 aliphatic carbocycles. The molecule has 4 nitrogen and oxygen atoms in total. The lowest BCUT2D eigenvalue weighted by Crippen LogP contribution is -2.20. The standard InChI is InChI=1S/C13H18ClNO3/c1-2-7-18-13(17)10-3-5-11(6-4-10)15-9-12(16)8-14/h3-6,12,15-16H,2,7-9H2,1H3. The van der Waals surface area contributed by atoms with Gasteiger partial charge in [-0.05, 0) is 30.7 Å². The van der Waals surface area contributed by atoms with Gasteiger partial charge in [0.05, 0.1) is 24.2 Å². The largest absolute Gasteiger partial charge is 0.462 e. The third-order valence-corrected chi connectivity index (χ3v) is 2.63. The minimum atomic E-state index is -0.583. The average Bonchev–Trinajstić information content (AvgIpc) is 2.42. The molecule has 100 valence electrons. The number of aliphatic hydroxyl groups excluding tert-OH is 1. The summed E-state index contributed by atoms with van der Waals surface area (Å²) in [4.78, 5) is 11.5. The SMILES string of the molecule is CCCOC(=O)c1ccc(NCC(O)CCl)cc1. The molecule has 1 atom stereocenters. The molecule has 0 saturated carbocycles. The van der Waals surface area contributed by atoms with Crippen LogP contribution in [0.15, 0.2) is 24.3 Å². The molecule has 1 rings (SSSR count). The monoisotopic (exact) mass is 271 g/mol. The van der Waals surface area contributed by atoms with Gasteiger partial charge in [-0.15, -0.1) is 11.6 Å². The van der Waals surface area contributed by atoms with Crippen LogP contribution in [-0.2, 0) is 4.74 Å². The molecule has 1 unspecified atom stereocenters. The normalized spacial score (nSPS) is 11.9. The van der Waals surface area contributed by atoms with Crippen molar-refractivity contribution < 1.29 is 14.6 Å². The van der Waals surface area contributed by atoms with E-state index in [1.54, 1.807) is 24.3 Å². The summed E-state index contributed by atoms with van der Waals surface area (Å²) in [5.41, 5.74) is 1.35. The Hall–Kier alpha value is -1.26. The van der Waals surface area contributed by atoms with E-state index >= 15 is 0 Å². The van der Waals surface area contributed by atoms with E-state index < -0.39 is 6.10 Å². The van der Waals surface area contributed by atoms with Crippen molar-refractivity contribution in [1.82, 2.24) is 0 Å². The van der Waals surface area contributed by atoms with E-state index in [1.807, 2.05) is 6.92 Å². The summed E-state index contributed by atoms with van der Waals surface area (Å²) >= 11 is 5.48. The Kier molecular flexibility index (Phi) is 6.54. The van der Waals surface area contributed by atoms with Crippen molar-refractivity contribution in [3.63, 3.8) is 0 Å². The van der Waals surface area contributed by atoms with Crippen molar-refractivity contribution in [3.05, 3.63) is 29.8 Å². The van der Waals surface area contributed by atoms with E-state index in [0.29, 0.717) is 18.7 Å². The van der Waals surface area contributed by atoms with E-state index in [0.717, 1.165) is 12.1 Å². The topological polar surface area (TPSA) is 58.6 Å². The van der Waals surface area contributed by atoms with Gasteiger partial charge in [-0.1, -0.05) is 6.92 Å². The van der Waals surface area contributed by atoms with Crippen LogP contribution in [0.1, 0.15) is 23.7 Å². The molecule has 18 heavy (non-hydrogen) atoms. The van der Waals surface area contributed by atoms with Gasteiger partial charge in [0, 0.05) is 12.2 Å². The number of nitrogens with one attached hydrogen (secondary N) is 1. The Morgan fingerprint density at radius 3 is 2.67 bits per heavy atom. The predicted molar refractivity (Wildman–Crippen MR) is 72.2 cm³/mol. The number of anilines is 1. The Labute approximate surface area is 112 Å². The number of carbonyl (C=O) groups excluding carboxylic acids is 1. The molecule has 0 aromatic heterocycles. The van der Waals surface area contributed by atoms with E-state index in [2.05, 4.69) is 5.32 Å². The van der Waals surface area contributed by atoms with Crippen LogP contribution in [0, 0.1) is 0 Å². The van der Waals surface area contributed by atoms with Crippen LogP contribution >= 0.6 is 11.6 Å². The highest BCUT2D eigenvalue weighted by Gasteiger charge is 2.06. The molecule has 0 amide bonds. The van der Waals surface area contributed by atoms with Crippen LogP contribution in [0.5, 0.6) is 0 Å². The number of hydrogen-bond acceptors (Lipinski definition) is 4.